The summed E-state index contributed by atoms with van der Waals surface area (Å²) in [4.78, 5) is 10.5. The van der Waals surface area contributed by atoms with Crippen molar-refractivity contribution in [1.82, 2.24) is 19.7 Å². The maximum absolute atomic E-state index is 10.8. The standard InChI is InChI=1S/C5H4N4O4S/c10-9-2-8-5(14(11,12)13)3-4(9)7-1-6-3/h1-2,10H,(H,11,12,13). The van der Waals surface area contributed by atoms with Gasteiger partial charge in [0.15, 0.2) is 11.5 Å². The van der Waals surface area contributed by atoms with E-state index in [-0.39, 0.29) is 11.5 Å². The van der Waals surface area contributed by atoms with Crippen molar-refractivity contribution in [3.05, 3.63) is 12.7 Å². The van der Waals surface area contributed by atoms with E-state index in [1.165, 1.54) is 0 Å². The second-order valence-corrected chi connectivity index (χ2v) is 3.75. The molecule has 0 spiro atoms. The summed E-state index contributed by atoms with van der Waals surface area (Å²) >= 11 is 0. The van der Waals surface area contributed by atoms with E-state index in [0.29, 0.717) is 4.73 Å². The minimum absolute atomic E-state index is 0.0902. The van der Waals surface area contributed by atoms with Crippen LogP contribution in [-0.2, 0) is 10.1 Å². The van der Waals surface area contributed by atoms with Crippen molar-refractivity contribution in [2.45, 2.75) is 5.03 Å². The van der Waals surface area contributed by atoms with Crippen LogP contribution in [0.25, 0.3) is 11.5 Å². The van der Waals surface area contributed by atoms with Gasteiger partial charge in [-0.2, -0.15) is 13.1 Å². The molecule has 2 N–H and O–H groups in total. The van der Waals surface area contributed by atoms with E-state index < -0.39 is 15.1 Å². The molecule has 0 radical (unpaired) electrons. The van der Waals surface area contributed by atoms with Crippen molar-refractivity contribution in [2.75, 3.05) is 0 Å². The molecule has 2 rings (SSSR count). The molecule has 2 heterocycles. The van der Waals surface area contributed by atoms with Crippen LogP contribution in [0.1, 0.15) is 0 Å². The van der Waals surface area contributed by atoms with Crippen LogP contribution in [0.5, 0.6) is 0 Å². The lowest BCUT2D eigenvalue weighted by Gasteiger charge is -2.04. The number of imidazole rings is 1. The Labute approximate surface area is 77.9 Å². The van der Waals surface area contributed by atoms with Gasteiger partial charge in [0, 0.05) is 0 Å². The Morgan fingerprint density at radius 2 is 2.00 bits per heavy atom. The first-order valence-electron chi connectivity index (χ1n) is 3.35. The van der Waals surface area contributed by atoms with Crippen molar-refractivity contribution in [1.29, 1.82) is 0 Å². The molecule has 2 aliphatic rings. The first kappa shape index (κ1) is 8.84. The number of hydrogen-bond acceptors (Lipinski definition) is 6. The van der Waals surface area contributed by atoms with Gasteiger partial charge in [-0.1, -0.05) is 0 Å². The lowest BCUT2D eigenvalue weighted by molar-refractivity contribution is 0.181. The Kier molecular flexibility index (Phi) is 1.66. The summed E-state index contributed by atoms with van der Waals surface area (Å²) in [6.07, 6.45) is 1.86. The topological polar surface area (TPSA) is 118 Å². The van der Waals surface area contributed by atoms with Crippen LogP contribution >= 0.6 is 0 Å². The number of hydrogen-bond donors (Lipinski definition) is 2. The van der Waals surface area contributed by atoms with Gasteiger partial charge in [-0.15, -0.1) is 0 Å². The molecule has 0 amide bonds. The summed E-state index contributed by atoms with van der Waals surface area (Å²) in [5.41, 5.74) is -0.183. The van der Waals surface area contributed by atoms with Crippen molar-refractivity contribution >= 4 is 10.1 Å². The highest BCUT2D eigenvalue weighted by atomic mass is 32.2. The summed E-state index contributed by atoms with van der Waals surface area (Å²) in [7, 11) is -4.45. The zero-order valence-corrected chi connectivity index (χ0v) is 7.38. The molecule has 0 saturated heterocycles. The second kappa shape index (κ2) is 2.62. The summed E-state index contributed by atoms with van der Waals surface area (Å²) in [6, 6.07) is 0. The summed E-state index contributed by atoms with van der Waals surface area (Å²) in [5, 5.41) is 8.50. The molecule has 9 heteroatoms. The van der Waals surface area contributed by atoms with E-state index in [2.05, 4.69) is 15.0 Å². The predicted octanol–water partition coefficient (Wildman–Crippen LogP) is -0.738. The molecule has 0 atom stereocenters. The van der Waals surface area contributed by atoms with Crippen molar-refractivity contribution in [2.24, 2.45) is 0 Å². The fourth-order valence-electron chi connectivity index (χ4n) is 0.990. The maximum atomic E-state index is 10.8. The minimum Gasteiger partial charge on any atom is -0.425 e. The van der Waals surface area contributed by atoms with E-state index in [0.717, 1.165) is 12.7 Å². The highest BCUT2D eigenvalue weighted by Crippen LogP contribution is 2.21. The third-order valence-electron chi connectivity index (χ3n) is 1.53. The van der Waals surface area contributed by atoms with Gasteiger partial charge in [-0.3, -0.25) is 4.55 Å². The number of aromatic nitrogens is 4. The van der Waals surface area contributed by atoms with E-state index in [4.69, 9.17) is 9.76 Å². The molecule has 14 heavy (non-hydrogen) atoms. The summed E-state index contributed by atoms with van der Waals surface area (Å²) in [5.74, 6) is -0.0902. The molecule has 0 unspecified atom stereocenters. The lowest BCUT2D eigenvalue weighted by atomic mass is 10.4. The molecule has 0 aromatic carbocycles. The highest BCUT2D eigenvalue weighted by molar-refractivity contribution is 7.85. The summed E-state index contributed by atoms with van der Waals surface area (Å²) in [6.45, 7) is 0. The average molecular weight is 216 g/mol. The van der Waals surface area contributed by atoms with Gasteiger partial charge in [0.2, 0.25) is 5.03 Å². The molecule has 0 saturated carbocycles. The zero-order chi connectivity index (χ0) is 10.3. The molecule has 0 fully saturated rings. The van der Waals surface area contributed by atoms with Crippen LogP contribution in [0.2, 0.25) is 0 Å². The third kappa shape index (κ3) is 1.18. The van der Waals surface area contributed by atoms with E-state index in [1.54, 1.807) is 0 Å². The molecule has 74 valence electrons. The van der Waals surface area contributed by atoms with Crippen LogP contribution in [0.3, 0.4) is 0 Å². The van der Waals surface area contributed by atoms with Crippen LogP contribution < -0.4 is 0 Å². The fourth-order valence-corrected chi connectivity index (χ4v) is 1.56. The third-order valence-corrected chi connectivity index (χ3v) is 2.31. The molecule has 0 aromatic rings. The quantitative estimate of drug-likeness (QED) is 0.366. The van der Waals surface area contributed by atoms with E-state index >= 15 is 0 Å². The Morgan fingerprint density at radius 3 is 2.64 bits per heavy atom. The normalized spacial score (nSPS) is 12.1. The van der Waals surface area contributed by atoms with Gasteiger partial charge in [-0.05, 0) is 0 Å². The maximum Gasteiger partial charge on any atom is 0.314 e. The van der Waals surface area contributed by atoms with Crippen molar-refractivity contribution in [3.63, 3.8) is 0 Å². The van der Waals surface area contributed by atoms with Gasteiger partial charge >= 0.3 is 10.1 Å². The molecule has 0 bridgehead atoms. The van der Waals surface area contributed by atoms with Crippen LogP contribution in [-0.4, -0.2) is 37.9 Å². The highest BCUT2D eigenvalue weighted by Gasteiger charge is 2.24. The largest absolute Gasteiger partial charge is 0.425 e. The molecule has 8 nitrogen and oxygen atoms in total. The van der Waals surface area contributed by atoms with Gasteiger partial charge in [0.25, 0.3) is 0 Å². The van der Waals surface area contributed by atoms with Crippen LogP contribution in [0.15, 0.2) is 17.7 Å². The Bertz CT molecular complexity index is 547. The lowest BCUT2D eigenvalue weighted by Crippen LogP contribution is -2.10. The zero-order valence-electron chi connectivity index (χ0n) is 6.56. The average Bonchev–Trinajstić information content (AvgIpc) is 2.50. The number of nitrogens with zero attached hydrogens (tertiary/aromatic N) is 4. The Hall–Kier alpha value is -1.74. The predicted molar refractivity (Wildman–Crippen MR) is 41.4 cm³/mol. The monoisotopic (exact) mass is 216 g/mol. The van der Waals surface area contributed by atoms with Crippen molar-refractivity contribution < 1.29 is 18.2 Å². The molecular formula is C5H4N4O4S. The number of rotatable bonds is 1. The smallest absolute Gasteiger partial charge is 0.314 e. The van der Waals surface area contributed by atoms with Crippen molar-refractivity contribution in [3.8, 4) is 11.5 Å². The molecular weight excluding hydrogens is 212 g/mol. The molecule has 2 aliphatic heterocycles. The molecule has 0 aromatic heterocycles. The van der Waals surface area contributed by atoms with E-state index in [9.17, 15) is 8.42 Å². The fraction of sp³-hybridized carbons (Fsp3) is 0. The van der Waals surface area contributed by atoms with Crippen LogP contribution in [0.4, 0.5) is 0 Å². The van der Waals surface area contributed by atoms with Gasteiger partial charge in [0.1, 0.15) is 12.7 Å². The second-order valence-electron chi connectivity index (χ2n) is 2.42. The Balaban J connectivity index is 2.83. The minimum atomic E-state index is -4.45. The molecule has 0 aliphatic carbocycles. The van der Waals surface area contributed by atoms with E-state index in [1.807, 2.05) is 0 Å². The first-order valence-corrected chi connectivity index (χ1v) is 4.79. The Morgan fingerprint density at radius 1 is 1.29 bits per heavy atom. The van der Waals surface area contributed by atoms with Gasteiger partial charge in [0.05, 0.1) is 0 Å². The number of fused-ring (bicyclic) bond motifs is 1. The van der Waals surface area contributed by atoms with Gasteiger partial charge < -0.3 is 5.21 Å². The summed E-state index contributed by atoms with van der Waals surface area (Å²) < 4.78 is 30.8. The van der Waals surface area contributed by atoms with Gasteiger partial charge in [-0.25, -0.2) is 15.0 Å². The SMILES string of the molecule is O=S(=O)(O)c1ncn(O)c2ncnc1-2. The first-order chi connectivity index (χ1) is 6.50. The van der Waals surface area contributed by atoms with Crippen LogP contribution in [0, 0.1) is 0 Å².